The lowest BCUT2D eigenvalue weighted by Crippen LogP contribution is -2.28. The molecule has 0 radical (unpaired) electrons. The van der Waals surface area contributed by atoms with Crippen LogP contribution in [0.15, 0.2) is 229 Å². The van der Waals surface area contributed by atoms with E-state index in [-0.39, 0.29) is 0 Å². The van der Waals surface area contributed by atoms with Gasteiger partial charge in [0.15, 0.2) is 0 Å². The monoisotopic (exact) mass is 783 g/mol. The number of thiophene rings is 1. The highest BCUT2D eigenvalue weighted by Crippen LogP contribution is 2.61. The summed E-state index contributed by atoms with van der Waals surface area (Å²) in [5.41, 5.74) is 15.9. The standard InChI is InChI=1S/C57H37NOS/c1-5-15-38(16-6-1)39-25-29-45(30-26-39)58(44-21-11-4-12-22-44)46-31-34-52-49(37-46)47-32-27-41(36-53(47)59-52)40-28-33-51-50(35-40)56-55(48-23-13-14-24-54(48)60-56)57(51,42-17-7-2-8-18-42)43-19-9-3-10-20-43/h1-37H. The summed E-state index contributed by atoms with van der Waals surface area (Å²) in [4.78, 5) is 3.66. The number of hydrogen-bond acceptors (Lipinski definition) is 3. The topological polar surface area (TPSA) is 16.4 Å². The maximum atomic E-state index is 6.65. The molecule has 0 N–H and O–H groups in total. The zero-order valence-electron chi connectivity index (χ0n) is 32.6. The molecule has 0 saturated heterocycles. The second kappa shape index (κ2) is 13.8. The molecule has 282 valence electrons. The van der Waals surface area contributed by atoms with Crippen LogP contribution in [0.3, 0.4) is 0 Å². The molecular weight excluding hydrogens is 747 g/mol. The van der Waals surface area contributed by atoms with Gasteiger partial charge in [0.25, 0.3) is 0 Å². The van der Waals surface area contributed by atoms with Crippen LogP contribution in [0.1, 0.15) is 22.3 Å². The van der Waals surface area contributed by atoms with E-state index in [1.54, 1.807) is 0 Å². The molecular formula is C57H37NOS. The highest BCUT2D eigenvalue weighted by atomic mass is 32.1. The molecule has 2 heterocycles. The van der Waals surface area contributed by atoms with E-state index in [0.717, 1.165) is 44.6 Å². The molecule has 0 aliphatic heterocycles. The number of hydrogen-bond donors (Lipinski definition) is 0. The van der Waals surface area contributed by atoms with E-state index >= 15 is 0 Å². The van der Waals surface area contributed by atoms with Crippen LogP contribution in [0, 0.1) is 0 Å². The summed E-state index contributed by atoms with van der Waals surface area (Å²) < 4.78 is 7.96. The van der Waals surface area contributed by atoms with Crippen LogP contribution in [-0.2, 0) is 5.41 Å². The Hall–Kier alpha value is -7.46. The van der Waals surface area contributed by atoms with Gasteiger partial charge in [0.1, 0.15) is 11.2 Å². The Morgan fingerprint density at radius 3 is 1.68 bits per heavy atom. The fourth-order valence-electron chi connectivity index (χ4n) is 9.67. The van der Waals surface area contributed by atoms with Gasteiger partial charge in [-0.3, -0.25) is 0 Å². The first-order chi connectivity index (χ1) is 29.7. The number of rotatable bonds is 7. The van der Waals surface area contributed by atoms with Crippen molar-refractivity contribution in [1.29, 1.82) is 0 Å². The highest BCUT2D eigenvalue weighted by Gasteiger charge is 2.48. The molecule has 12 rings (SSSR count). The van der Waals surface area contributed by atoms with Crippen molar-refractivity contribution in [1.82, 2.24) is 0 Å². The van der Waals surface area contributed by atoms with E-state index in [1.807, 2.05) is 11.3 Å². The summed E-state index contributed by atoms with van der Waals surface area (Å²) in [6, 6.07) is 81.4. The average molecular weight is 784 g/mol. The van der Waals surface area contributed by atoms with E-state index in [1.165, 1.54) is 59.5 Å². The van der Waals surface area contributed by atoms with Crippen molar-refractivity contribution in [2.45, 2.75) is 5.41 Å². The zero-order valence-corrected chi connectivity index (χ0v) is 33.4. The minimum absolute atomic E-state index is 0.441. The van der Waals surface area contributed by atoms with E-state index in [4.69, 9.17) is 4.42 Å². The number of nitrogens with zero attached hydrogens (tertiary/aromatic N) is 1. The number of furan rings is 1. The van der Waals surface area contributed by atoms with Crippen LogP contribution in [0.2, 0.25) is 0 Å². The molecule has 0 bridgehead atoms. The fraction of sp³-hybridized carbons (Fsp3) is 0.0175. The molecule has 0 amide bonds. The Morgan fingerprint density at radius 2 is 0.950 bits per heavy atom. The molecule has 0 spiro atoms. The molecule has 1 aliphatic rings. The number of anilines is 3. The Balaban J connectivity index is 0.974. The molecule has 0 atom stereocenters. The van der Waals surface area contributed by atoms with Crippen molar-refractivity contribution < 1.29 is 4.42 Å². The normalized spacial score (nSPS) is 12.8. The van der Waals surface area contributed by atoms with E-state index in [9.17, 15) is 0 Å². The van der Waals surface area contributed by atoms with Gasteiger partial charge in [-0.15, -0.1) is 11.3 Å². The van der Waals surface area contributed by atoms with E-state index in [2.05, 4.69) is 229 Å². The van der Waals surface area contributed by atoms with Crippen LogP contribution in [0.4, 0.5) is 17.1 Å². The lowest BCUT2D eigenvalue weighted by atomic mass is 9.67. The molecule has 9 aromatic carbocycles. The fourth-order valence-corrected chi connectivity index (χ4v) is 11.0. The van der Waals surface area contributed by atoms with Gasteiger partial charge in [0.05, 0.1) is 5.41 Å². The van der Waals surface area contributed by atoms with Gasteiger partial charge in [0.2, 0.25) is 0 Å². The van der Waals surface area contributed by atoms with Gasteiger partial charge in [-0.25, -0.2) is 0 Å². The van der Waals surface area contributed by atoms with Gasteiger partial charge in [0, 0.05) is 37.4 Å². The smallest absolute Gasteiger partial charge is 0.136 e. The first kappa shape index (κ1) is 34.6. The molecule has 60 heavy (non-hydrogen) atoms. The van der Waals surface area contributed by atoms with Gasteiger partial charge >= 0.3 is 0 Å². The number of benzene rings is 9. The van der Waals surface area contributed by atoms with Crippen molar-refractivity contribution >= 4 is 60.4 Å². The van der Waals surface area contributed by atoms with E-state index in [0.29, 0.717) is 0 Å². The van der Waals surface area contributed by atoms with Crippen LogP contribution < -0.4 is 4.90 Å². The Kier molecular flexibility index (Phi) is 7.97. The summed E-state index contributed by atoms with van der Waals surface area (Å²) in [6.45, 7) is 0. The van der Waals surface area contributed by atoms with Crippen molar-refractivity contribution in [3.8, 4) is 32.7 Å². The molecule has 1 aliphatic carbocycles. The van der Waals surface area contributed by atoms with Gasteiger partial charge in [-0.1, -0.05) is 158 Å². The Bertz CT molecular complexity index is 3310. The van der Waals surface area contributed by atoms with Crippen molar-refractivity contribution in [2.75, 3.05) is 4.90 Å². The SMILES string of the molecule is c1ccc(-c2ccc(N(c3ccccc3)c3ccc4oc5cc(-c6ccc7c(c6)-c6sc8ccccc8c6C7(c6ccccc6)c6ccccc6)ccc5c4c3)cc2)cc1. The molecule has 3 heteroatoms. The quantitative estimate of drug-likeness (QED) is 0.160. The lowest BCUT2D eigenvalue weighted by Gasteiger charge is -2.34. The molecule has 0 unspecified atom stereocenters. The number of para-hydroxylation sites is 1. The summed E-state index contributed by atoms with van der Waals surface area (Å²) in [5, 5.41) is 3.51. The van der Waals surface area contributed by atoms with Gasteiger partial charge in [-0.2, -0.15) is 0 Å². The van der Waals surface area contributed by atoms with Crippen molar-refractivity contribution in [2.24, 2.45) is 0 Å². The third kappa shape index (κ3) is 5.33. The molecule has 11 aromatic rings. The van der Waals surface area contributed by atoms with Crippen molar-refractivity contribution in [3.05, 3.63) is 247 Å². The second-order valence-electron chi connectivity index (χ2n) is 15.6. The zero-order chi connectivity index (χ0) is 39.6. The average Bonchev–Trinajstić information content (AvgIpc) is 3.98. The predicted molar refractivity (Wildman–Crippen MR) is 252 cm³/mol. The van der Waals surface area contributed by atoms with Crippen LogP contribution in [0.25, 0.3) is 64.7 Å². The van der Waals surface area contributed by atoms with Crippen LogP contribution in [-0.4, -0.2) is 0 Å². The molecule has 2 aromatic heterocycles. The third-order valence-corrected chi connectivity index (χ3v) is 13.5. The Morgan fingerprint density at radius 1 is 0.383 bits per heavy atom. The molecule has 2 nitrogen and oxygen atoms in total. The van der Waals surface area contributed by atoms with Gasteiger partial charge in [-0.05, 0) is 122 Å². The second-order valence-corrected chi connectivity index (χ2v) is 16.7. The Labute approximate surface area is 352 Å². The highest BCUT2D eigenvalue weighted by molar-refractivity contribution is 7.22. The minimum atomic E-state index is -0.441. The van der Waals surface area contributed by atoms with Crippen LogP contribution in [0.5, 0.6) is 0 Å². The summed E-state index contributed by atoms with van der Waals surface area (Å²) in [6.07, 6.45) is 0. The predicted octanol–water partition coefficient (Wildman–Crippen LogP) is 16.0. The first-order valence-electron chi connectivity index (χ1n) is 20.5. The lowest BCUT2D eigenvalue weighted by molar-refractivity contribution is 0.669. The van der Waals surface area contributed by atoms with Crippen LogP contribution >= 0.6 is 11.3 Å². The summed E-state index contributed by atoms with van der Waals surface area (Å²) in [5.74, 6) is 0. The first-order valence-corrected chi connectivity index (χ1v) is 21.3. The third-order valence-electron chi connectivity index (χ3n) is 12.3. The van der Waals surface area contributed by atoms with E-state index < -0.39 is 5.41 Å². The molecule has 0 fully saturated rings. The molecule has 0 saturated carbocycles. The van der Waals surface area contributed by atoms with Gasteiger partial charge < -0.3 is 9.32 Å². The maximum absolute atomic E-state index is 6.65. The largest absolute Gasteiger partial charge is 0.456 e. The minimum Gasteiger partial charge on any atom is -0.456 e. The number of fused-ring (bicyclic) bond motifs is 8. The summed E-state index contributed by atoms with van der Waals surface area (Å²) >= 11 is 1.91. The van der Waals surface area contributed by atoms with Crippen molar-refractivity contribution in [3.63, 3.8) is 0 Å². The summed E-state index contributed by atoms with van der Waals surface area (Å²) in [7, 11) is 0. The maximum Gasteiger partial charge on any atom is 0.136 e.